The zero-order valence-corrected chi connectivity index (χ0v) is 13.6. The summed E-state index contributed by atoms with van der Waals surface area (Å²) in [6, 6.07) is 6.07. The van der Waals surface area contributed by atoms with Crippen molar-refractivity contribution in [1.29, 1.82) is 0 Å². The monoisotopic (exact) mass is 334 g/mol. The molecule has 3 N–H and O–H groups in total. The Morgan fingerprint density at radius 2 is 1.80 bits per heavy atom. The molecular weight excluding hydrogens is 316 g/mol. The molecular formula is C15H19BrN4. The third-order valence-electron chi connectivity index (χ3n) is 3.13. The van der Waals surface area contributed by atoms with Crippen LogP contribution in [0.4, 0.5) is 5.82 Å². The van der Waals surface area contributed by atoms with Crippen LogP contribution in [0.25, 0.3) is 11.4 Å². The van der Waals surface area contributed by atoms with E-state index in [9.17, 15) is 0 Å². The lowest BCUT2D eigenvalue weighted by Gasteiger charge is -2.10. The number of nitrogen functional groups attached to an aromatic ring is 1. The Labute approximate surface area is 127 Å². The van der Waals surface area contributed by atoms with Gasteiger partial charge in [0.25, 0.3) is 0 Å². The minimum atomic E-state index is 0.650. The molecule has 2 rings (SSSR count). The standard InChI is InChI=1S/C15H19BrN4/c1-4-5-12-8-13(20-17)19-15(18-12)11-6-9(2)14(16)10(3)7-11/h6-8H,4-5,17H2,1-3H3,(H,18,19,20). The number of benzene rings is 1. The Bertz CT molecular complexity index is 602. The van der Waals surface area contributed by atoms with Crippen LogP contribution >= 0.6 is 15.9 Å². The van der Waals surface area contributed by atoms with E-state index in [-0.39, 0.29) is 0 Å². The molecule has 4 nitrogen and oxygen atoms in total. The molecule has 0 spiro atoms. The van der Waals surface area contributed by atoms with Gasteiger partial charge in [-0.3, -0.25) is 0 Å². The number of nitrogens with one attached hydrogen (secondary N) is 1. The van der Waals surface area contributed by atoms with Crippen molar-refractivity contribution < 1.29 is 0 Å². The molecule has 106 valence electrons. The third kappa shape index (κ3) is 3.16. The highest BCUT2D eigenvalue weighted by Crippen LogP contribution is 2.27. The second kappa shape index (κ2) is 6.33. The van der Waals surface area contributed by atoms with Crippen LogP contribution < -0.4 is 11.3 Å². The largest absolute Gasteiger partial charge is 0.308 e. The molecule has 5 heteroatoms. The van der Waals surface area contributed by atoms with Gasteiger partial charge in [-0.15, -0.1) is 0 Å². The van der Waals surface area contributed by atoms with E-state index in [0.29, 0.717) is 11.6 Å². The molecule has 0 aliphatic carbocycles. The van der Waals surface area contributed by atoms with Crippen LogP contribution in [-0.4, -0.2) is 9.97 Å². The Kier molecular flexibility index (Phi) is 4.73. The van der Waals surface area contributed by atoms with E-state index in [1.54, 1.807) is 0 Å². The molecule has 0 aliphatic rings. The lowest BCUT2D eigenvalue weighted by Crippen LogP contribution is -2.10. The SMILES string of the molecule is CCCc1cc(NN)nc(-c2cc(C)c(Br)c(C)c2)n1. The van der Waals surface area contributed by atoms with Crippen molar-refractivity contribution in [2.24, 2.45) is 5.84 Å². The molecule has 1 aromatic heterocycles. The molecule has 1 heterocycles. The van der Waals surface area contributed by atoms with E-state index in [1.807, 2.05) is 6.07 Å². The average molecular weight is 335 g/mol. The van der Waals surface area contributed by atoms with Gasteiger partial charge >= 0.3 is 0 Å². The Balaban J connectivity index is 2.53. The lowest BCUT2D eigenvalue weighted by molar-refractivity contribution is 0.875. The van der Waals surface area contributed by atoms with Crippen molar-refractivity contribution in [3.63, 3.8) is 0 Å². The minimum absolute atomic E-state index is 0.650. The van der Waals surface area contributed by atoms with E-state index in [0.717, 1.165) is 28.6 Å². The average Bonchev–Trinajstić information content (AvgIpc) is 2.44. The van der Waals surface area contributed by atoms with Crippen molar-refractivity contribution in [1.82, 2.24) is 9.97 Å². The number of aromatic nitrogens is 2. The number of rotatable bonds is 4. The van der Waals surface area contributed by atoms with Gasteiger partial charge in [-0.05, 0) is 43.5 Å². The van der Waals surface area contributed by atoms with Crippen LogP contribution in [0, 0.1) is 13.8 Å². The van der Waals surface area contributed by atoms with Gasteiger partial charge in [0.05, 0.1) is 0 Å². The number of halogens is 1. The highest BCUT2D eigenvalue weighted by atomic mass is 79.9. The van der Waals surface area contributed by atoms with Gasteiger partial charge in [-0.1, -0.05) is 29.3 Å². The van der Waals surface area contributed by atoms with Gasteiger partial charge in [0.15, 0.2) is 5.82 Å². The van der Waals surface area contributed by atoms with Crippen molar-refractivity contribution in [3.05, 3.63) is 39.5 Å². The number of nitrogens with zero attached hydrogens (tertiary/aromatic N) is 2. The van der Waals surface area contributed by atoms with Gasteiger partial charge in [-0.25, -0.2) is 15.8 Å². The summed E-state index contributed by atoms with van der Waals surface area (Å²) in [5, 5.41) is 0. The maximum atomic E-state index is 5.50. The predicted octanol–water partition coefficient (Wildman–Crippen LogP) is 3.76. The zero-order valence-electron chi connectivity index (χ0n) is 12.0. The normalized spacial score (nSPS) is 10.7. The van der Waals surface area contributed by atoms with Crippen LogP contribution in [-0.2, 0) is 6.42 Å². The van der Waals surface area contributed by atoms with E-state index in [2.05, 4.69) is 64.2 Å². The van der Waals surface area contributed by atoms with Crippen molar-refractivity contribution in [2.75, 3.05) is 5.43 Å². The molecule has 0 amide bonds. The molecule has 0 fully saturated rings. The molecule has 20 heavy (non-hydrogen) atoms. The molecule has 1 aromatic carbocycles. The summed E-state index contributed by atoms with van der Waals surface area (Å²) in [6.07, 6.45) is 1.96. The van der Waals surface area contributed by atoms with Crippen LogP contribution in [0.1, 0.15) is 30.2 Å². The minimum Gasteiger partial charge on any atom is -0.308 e. The van der Waals surface area contributed by atoms with E-state index >= 15 is 0 Å². The molecule has 2 aromatic rings. The number of aryl methyl sites for hydroxylation is 3. The van der Waals surface area contributed by atoms with E-state index in [4.69, 9.17) is 5.84 Å². The quantitative estimate of drug-likeness (QED) is 0.660. The summed E-state index contributed by atoms with van der Waals surface area (Å²) < 4.78 is 1.13. The van der Waals surface area contributed by atoms with Crippen molar-refractivity contribution >= 4 is 21.7 Å². The molecule has 0 unspecified atom stereocenters. The Morgan fingerprint density at radius 3 is 2.35 bits per heavy atom. The van der Waals surface area contributed by atoms with E-state index in [1.165, 1.54) is 11.1 Å². The Hall–Kier alpha value is -1.46. The fraction of sp³-hybridized carbons (Fsp3) is 0.333. The first-order valence-corrected chi connectivity index (χ1v) is 7.46. The van der Waals surface area contributed by atoms with Gasteiger partial charge in [0.1, 0.15) is 5.82 Å². The van der Waals surface area contributed by atoms with Crippen LogP contribution in [0.2, 0.25) is 0 Å². The second-order valence-electron chi connectivity index (χ2n) is 4.89. The molecule has 0 radical (unpaired) electrons. The molecule has 0 atom stereocenters. The predicted molar refractivity (Wildman–Crippen MR) is 86.4 cm³/mol. The molecule has 0 aliphatic heterocycles. The molecule has 0 saturated heterocycles. The van der Waals surface area contributed by atoms with Gasteiger partial charge < -0.3 is 5.43 Å². The summed E-state index contributed by atoms with van der Waals surface area (Å²) in [5.41, 5.74) is 6.98. The summed E-state index contributed by atoms with van der Waals surface area (Å²) in [5.74, 6) is 6.86. The second-order valence-corrected chi connectivity index (χ2v) is 5.68. The van der Waals surface area contributed by atoms with Gasteiger partial charge in [-0.2, -0.15) is 0 Å². The van der Waals surface area contributed by atoms with Gasteiger partial charge in [0.2, 0.25) is 0 Å². The smallest absolute Gasteiger partial charge is 0.161 e. The van der Waals surface area contributed by atoms with Crippen molar-refractivity contribution in [2.45, 2.75) is 33.6 Å². The molecule has 0 saturated carbocycles. The summed E-state index contributed by atoms with van der Waals surface area (Å²) in [4.78, 5) is 9.09. The summed E-state index contributed by atoms with van der Waals surface area (Å²) in [7, 11) is 0. The van der Waals surface area contributed by atoms with Crippen LogP contribution in [0.15, 0.2) is 22.7 Å². The first-order chi connectivity index (χ1) is 9.55. The van der Waals surface area contributed by atoms with E-state index < -0.39 is 0 Å². The van der Waals surface area contributed by atoms with Crippen LogP contribution in [0.3, 0.4) is 0 Å². The van der Waals surface area contributed by atoms with Crippen LogP contribution in [0.5, 0.6) is 0 Å². The lowest BCUT2D eigenvalue weighted by atomic mass is 10.1. The number of anilines is 1. The number of hydrogen-bond acceptors (Lipinski definition) is 4. The third-order valence-corrected chi connectivity index (χ3v) is 4.38. The first-order valence-electron chi connectivity index (χ1n) is 6.66. The molecule has 0 bridgehead atoms. The van der Waals surface area contributed by atoms with Crippen molar-refractivity contribution in [3.8, 4) is 11.4 Å². The summed E-state index contributed by atoms with van der Waals surface area (Å²) in [6.45, 7) is 6.27. The maximum Gasteiger partial charge on any atom is 0.161 e. The number of hydrogen-bond donors (Lipinski definition) is 2. The summed E-state index contributed by atoms with van der Waals surface area (Å²) >= 11 is 3.58. The maximum absolute atomic E-state index is 5.50. The number of nitrogens with two attached hydrogens (primary N) is 1. The zero-order chi connectivity index (χ0) is 14.7. The topological polar surface area (TPSA) is 63.8 Å². The fourth-order valence-corrected chi connectivity index (χ4v) is 2.39. The highest BCUT2D eigenvalue weighted by Gasteiger charge is 2.09. The highest BCUT2D eigenvalue weighted by molar-refractivity contribution is 9.10. The van der Waals surface area contributed by atoms with Gasteiger partial charge in [0, 0.05) is 21.8 Å². The fourth-order valence-electron chi connectivity index (χ4n) is 2.16. The Morgan fingerprint density at radius 1 is 1.15 bits per heavy atom. The number of hydrazine groups is 1. The first kappa shape index (κ1) is 14.9.